The molecule has 2 aromatic rings. The Kier molecular flexibility index (Phi) is 6.32. The molecule has 0 spiro atoms. The van der Waals surface area contributed by atoms with Gasteiger partial charge < -0.3 is 9.47 Å². The minimum Gasteiger partial charge on any atom is -0.423 e. The molecule has 2 aliphatic heterocycles. The fourth-order valence-electron chi connectivity index (χ4n) is 3.37. The van der Waals surface area contributed by atoms with Crippen molar-refractivity contribution in [2.45, 2.75) is 25.9 Å². The van der Waals surface area contributed by atoms with Gasteiger partial charge in [0.25, 0.3) is 5.91 Å². The van der Waals surface area contributed by atoms with E-state index in [2.05, 4.69) is 0 Å². The number of carbonyl (C=O) groups is 2. The van der Waals surface area contributed by atoms with Gasteiger partial charge in [-0.15, -0.1) is 0 Å². The van der Waals surface area contributed by atoms with Crippen LogP contribution in [-0.4, -0.2) is 40.4 Å². The van der Waals surface area contributed by atoms with E-state index in [1.807, 2.05) is 31.2 Å². The molecule has 2 aromatic carbocycles. The van der Waals surface area contributed by atoms with Gasteiger partial charge in [-0.2, -0.15) is 0 Å². The maximum absolute atomic E-state index is 12.7. The lowest BCUT2D eigenvalue weighted by Gasteiger charge is -2.18. The van der Waals surface area contributed by atoms with Gasteiger partial charge in [-0.25, -0.2) is 4.79 Å². The predicted molar refractivity (Wildman–Crippen MR) is 121 cm³/mol. The number of rotatable bonds is 5. The lowest BCUT2D eigenvalue weighted by molar-refractivity contribution is -0.123. The molecule has 1 atom stereocenters. The third-order valence-electron chi connectivity index (χ3n) is 4.93. The molecule has 2 saturated heterocycles. The van der Waals surface area contributed by atoms with E-state index < -0.39 is 5.97 Å². The van der Waals surface area contributed by atoms with Crippen molar-refractivity contribution < 1.29 is 19.1 Å². The lowest BCUT2D eigenvalue weighted by Crippen LogP contribution is -2.35. The number of benzene rings is 2. The molecule has 0 aromatic heterocycles. The fraction of sp³-hybridized carbons (Fsp3) is 0.261. The number of carbonyl (C=O) groups excluding carboxylic acids is 2. The zero-order valence-corrected chi connectivity index (χ0v) is 18.1. The highest BCUT2D eigenvalue weighted by Crippen LogP contribution is 2.33. The van der Waals surface area contributed by atoms with Crippen LogP contribution in [0.5, 0.6) is 5.75 Å². The summed E-state index contributed by atoms with van der Waals surface area (Å²) in [6, 6.07) is 14.3. The van der Waals surface area contributed by atoms with E-state index in [1.54, 1.807) is 35.2 Å². The molecule has 30 heavy (non-hydrogen) atoms. The average molecular weight is 440 g/mol. The Labute approximate surface area is 185 Å². The number of esters is 1. The summed E-state index contributed by atoms with van der Waals surface area (Å²) < 4.78 is 11.6. The molecule has 5 nitrogen and oxygen atoms in total. The Bertz CT molecular complexity index is 1010. The fourth-order valence-corrected chi connectivity index (χ4v) is 4.65. The minimum atomic E-state index is -0.401. The van der Waals surface area contributed by atoms with Crippen molar-refractivity contribution in [1.82, 2.24) is 4.90 Å². The smallest absolute Gasteiger partial charge is 0.343 e. The van der Waals surface area contributed by atoms with Crippen molar-refractivity contribution in [2.75, 3.05) is 13.2 Å². The van der Waals surface area contributed by atoms with E-state index in [0.29, 0.717) is 27.1 Å². The van der Waals surface area contributed by atoms with Crippen LogP contribution in [0.25, 0.3) is 6.08 Å². The maximum Gasteiger partial charge on any atom is 0.343 e. The zero-order valence-electron chi connectivity index (χ0n) is 16.5. The topological polar surface area (TPSA) is 55.8 Å². The molecule has 0 bridgehead atoms. The molecular weight excluding hydrogens is 418 g/mol. The molecule has 0 N–H and O–H groups in total. The summed E-state index contributed by atoms with van der Waals surface area (Å²) >= 11 is 6.68. The quantitative estimate of drug-likeness (QED) is 0.294. The Morgan fingerprint density at radius 1 is 1.30 bits per heavy atom. The van der Waals surface area contributed by atoms with Gasteiger partial charge in [-0.1, -0.05) is 53.8 Å². The average Bonchev–Trinajstić information content (AvgIpc) is 3.34. The standard InChI is InChI=1S/C23H21NO4S2/c1-15-4-2-5-17(12-15)22(26)28-18-9-7-16(8-10-18)13-20-21(25)24(23(29)30-20)14-19-6-3-11-27-19/h2,4-5,7-10,12-13,19H,3,6,11,14H2,1H3/b20-13-/t19-/m1/s1. The van der Waals surface area contributed by atoms with E-state index >= 15 is 0 Å². The van der Waals surface area contributed by atoms with E-state index in [4.69, 9.17) is 21.7 Å². The molecule has 0 aliphatic carbocycles. The zero-order chi connectivity index (χ0) is 21.1. The molecule has 2 aliphatic rings. The van der Waals surface area contributed by atoms with E-state index in [1.165, 1.54) is 11.8 Å². The Hall–Kier alpha value is -2.48. The first-order chi connectivity index (χ1) is 14.5. The Balaban J connectivity index is 1.41. The van der Waals surface area contributed by atoms with Crippen LogP contribution in [0.4, 0.5) is 0 Å². The van der Waals surface area contributed by atoms with Crippen molar-refractivity contribution in [3.05, 3.63) is 70.1 Å². The van der Waals surface area contributed by atoms with Crippen molar-refractivity contribution in [1.29, 1.82) is 0 Å². The number of ether oxygens (including phenoxy) is 2. The molecule has 0 radical (unpaired) electrons. The number of thiocarbonyl (C=S) groups is 1. The first-order valence-electron chi connectivity index (χ1n) is 9.75. The number of hydrogen-bond donors (Lipinski definition) is 0. The predicted octanol–water partition coefficient (Wildman–Crippen LogP) is 4.59. The molecule has 0 saturated carbocycles. The first-order valence-corrected chi connectivity index (χ1v) is 11.0. The second-order valence-corrected chi connectivity index (χ2v) is 8.93. The summed E-state index contributed by atoms with van der Waals surface area (Å²) in [5.74, 6) is -0.0403. The molecule has 1 amide bonds. The van der Waals surface area contributed by atoms with Crippen molar-refractivity contribution in [3.63, 3.8) is 0 Å². The van der Waals surface area contributed by atoms with Gasteiger partial charge in [0.1, 0.15) is 10.1 Å². The van der Waals surface area contributed by atoms with Gasteiger partial charge in [-0.3, -0.25) is 9.69 Å². The van der Waals surface area contributed by atoms with E-state index in [-0.39, 0.29) is 12.0 Å². The van der Waals surface area contributed by atoms with Gasteiger partial charge in [0.15, 0.2) is 0 Å². The molecule has 4 rings (SSSR count). The van der Waals surface area contributed by atoms with Crippen molar-refractivity contribution in [3.8, 4) is 5.75 Å². The van der Waals surface area contributed by atoms with Crippen LogP contribution in [0.3, 0.4) is 0 Å². The summed E-state index contributed by atoms with van der Waals surface area (Å²) in [5, 5.41) is 0. The number of thioether (sulfide) groups is 1. The summed E-state index contributed by atoms with van der Waals surface area (Å²) in [6.45, 7) is 3.18. The van der Waals surface area contributed by atoms with Crippen LogP contribution in [-0.2, 0) is 9.53 Å². The third kappa shape index (κ3) is 4.80. The monoisotopic (exact) mass is 439 g/mol. The normalized spacial score (nSPS) is 20.2. The largest absolute Gasteiger partial charge is 0.423 e. The van der Waals surface area contributed by atoms with E-state index in [9.17, 15) is 9.59 Å². The number of hydrogen-bond acceptors (Lipinski definition) is 6. The van der Waals surface area contributed by atoms with Crippen LogP contribution in [0.15, 0.2) is 53.4 Å². The van der Waals surface area contributed by atoms with Crippen LogP contribution in [0.1, 0.15) is 34.3 Å². The highest BCUT2D eigenvalue weighted by atomic mass is 32.2. The third-order valence-corrected chi connectivity index (χ3v) is 6.30. The van der Waals surface area contributed by atoms with Gasteiger partial charge >= 0.3 is 5.97 Å². The summed E-state index contributed by atoms with van der Waals surface area (Å²) in [7, 11) is 0. The summed E-state index contributed by atoms with van der Waals surface area (Å²) in [4.78, 5) is 27.2. The molecule has 2 heterocycles. The van der Waals surface area contributed by atoms with Gasteiger partial charge in [-0.05, 0) is 55.7 Å². The Morgan fingerprint density at radius 2 is 2.10 bits per heavy atom. The first kappa shape index (κ1) is 20.8. The molecule has 154 valence electrons. The number of amides is 1. The molecular formula is C23H21NO4S2. The number of nitrogens with zero attached hydrogens (tertiary/aromatic N) is 1. The van der Waals surface area contributed by atoms with Gasteiger partial charge in [0.2, 0.25) is 0 Å². The molecule has 7 heteroatoms. The SMILES string of the molecule is Cc1cccc(C(=O)Oc2ccc(/C=C3\SC(=S)N(C[C@H]4CCCO4)C3=O)cc2)c1. The highest BCUT2D eigenvalue weighted by Gasteiger charge is 2.34. The van der Waals surface area contributed by atoms with Crippen molar-refractivity contribution in [2.24, 2.45) is 0 Å². The van der Waals surface area contributed by atoms with Crippen LogP contribution in [0, 0.1) is 6.92 Å². The molecule has 0 unspecified atom stereocenters. The Morgan fingerprint density at radius 3 is 2.80 bits per heavy atom. The summed E-state index contributed by atoms with van der Waals surface area (Å²) in [5.41, 5.74) is 2.34. The van der Waals surface area contributed by atoms with E-state index in [0.717, 1.165) is 30.6 Å². The second-order valence-electron chi connectivity index (χ2n) is 7.26. The highest BCUT2D eigenvalue weighted by molar-refractivity contribution is 8.26. The second kappa shape index (κ2) is 9.12. The molecule has 2 fully saturated rings. The maximum atomic E-state index is 12.7. The van der Waals surface area contributed by atoms with Crippen molar-refractivity contribution >= 4 is 46.3 Å². The number of aryl methyl sites for hydroxylation is 1. The minimum absolute atomic E-state index is 0.0641. The summed E-state index contributed by atoms with van der Waals surface area (Å²) in [6.07, 6.45) is 3.85. The van der Waals surface area contributed by atoms with Gasteiger partial charge in [0.05, 0.1) is 23.1 Å². The van der Waals surface area contributed by atoms with Crippen LogP contribution < -0.4 is 4.74 Å². The van der Waals surface area contributed by atoms with Crippen LogP contribution in [0.2, 0.25) is 0 Å². The van der Waals surface area contributed by atoms with Gasteiger partial charge in [0, 0.05) is 6.61 Å². The van der Waals surface area contributed by atoms with Crippen LogP contribution >= 0.6 is 24.0 Å². The lowest BCUT2D eigenvalue weighted by atomic mass is 10.1.